The van der Waals surface area contributed by atoms with Gasteiger partial charge in [0.1, 0.15) is 11.4 Å². The smallest absolute Gasteiger partial charge is 0.311 e. The summed E-state index contributed by atoms with van der Waals surface area (Å²) in [5.74, 6) is -3.46. The maximum atomic E-state index is 15.4. The standard InChI is InChI=1S/C20H17Cl2FN2O3/c1-10(21)3-2-4-13(23)17-16-14(7-8-28-18(16)26)25-20(17)12-6-5-11(22)9-15(12)24-19(20)27/h2-6,9,14,16-17,25H,1,7-8H2,(H,24,27)/b3-2-,13-4-/t14-,16+,17-,20-/m1/s1. The molecule has 3 aliphatic heterocycles. The summed E-state index contributed by atoms with van der Waals surface area (Å²) in [5.41, 5.74) is -0.367. The van der Waals surface area contributed by atoms with Gasteiger partial charge in [0.05, 0.1) is 18.4 Å². The van der Waals surface area contributed by atoms with E-state index < -0.39 is 35.1 Å². The van der Waals surface area contributed by atoms with Crippen LogP contribution in [0.3, 0.4) is 0 Å². The highest BCUT2D eigenvalue weighted by molar-refractivity contribution is 6.31. The van der Waals surface area contributed by atoms with E-state index >= 15 is 4.39 Å². The van der Waals surface area contributed by atoms with Crippen LogP contribution in [0.4, 0.5) is 10.1 Å². The molecule has 0 unspecified atom stereocenters. The predicted octanol–water partition coefficient (Wildman–Crippen LogP) is 3.80. The number of ether oxygens (including phenoxy) is 1. The number of hydrogen-bond donors (Lipinski definition) is 2. The molecule has 4 atom stereocenters. The fourth-order valence-corrected chi connectivity index (χ4v) is 4.64. The fraction of sp³-hybridized carbons (Fsp3) is 0.300. The van der Waals surface area contributed by atoms with Gasteiger partial charge in [-0.15, -0.1) is 0 Å². The number of fused-ring (bicyclic) bond motifs is 3. The van der Waals surface area contributed by atoms with Gasteiger partial charge in [0, 0.05) is 27.3 Å². The molecular weight excluding hydrogens is 406 g/mol. The van der Waals surface area contributed by atoms with Gasteiger partial charge in [0.15, 0.2) is 0 Å². The summed E-state index contributed by atoms with van der Waals surface area (Å²) in [5, 5.41) is 6.70. The number of rotatable bonds is 3. The molecule has 28 heavy (non-hydrogen) atoms. The van der Waals surface area contributed by atoms with Crippen LogP contribution in [0.2, 0.25) is 5.02 Å². The van der Waals surface area contributed by atoms with Gasteiger partial charge >= 0.3 is 5.97 Å². The molecule has 8 heteroatoms. The van der Waals surface area contributed by atoms with Crippen LogP contribution in [-0.4, -0.2) is 24.5 Å². The zero-order valence-electron chi connectivity index (χ0n) is 14.7. The summed E-state index contributed by atoms with van der Waals surface area (Å²) in [6.07, 6.45) is 4.52. The van der Waals surface area contributed by atoms with E-state index in [0.717, 1.165) is 0 Å². The Morgan fingerprint density at radius 1 is 1.39 bits per heavy atom. The van der Waals surface area contributed by atoms with Crippen LogP contribution in [0.15, 0.2) is 53.9 Å². The molecule has 2 N–H and O–H groups in total. The number of benzene rings is 1. The Hall–Kier alpha value is -2.15. The number of amides is 1. The zero-order chi connectivity index (χ0) is 20.1. The number of hydrogen-bond acceptors (Lipinski definition) is 4. The van der Waals surface area contributed by atoms with Crippen molar-refractivity contribution in [3.8, 4) is 0 Å². The third-order valence-electron chi connectivity index (χ3n) is 5.46. The summed E-state index contributed by atoms with van der Waals surface area (Å²) in [6.45, 7) is 3.74. The summed E-state index contributed by atoms with van der Waals surface area (Å²) < 4.78 is 20.6. The summed E-state index contributed by atoms with van der Waals surface area (Å²) in [4.78, 5) is 25.6. The quantitative estimate of drug-likeness (QED) is 0.574. The van der Waals surface area contributed by atoms with Crippen LogP contribution in [0.1, 0.15) is 12.0 Å². The Labute approximate surface area is 171 Å². The lowest BCUT2D eigenvalue weighted by Crippen LogP contribution is -2.49. The summed E-state index contributed by atoms with van der Waals surface area (Å²) in [6, 6.07) is 4.55. The first kappa shape index (κ1) is 19.2. The maximum absolute atomic E-state index is 15.4. The van der Waals surface area contributed by atoms with Crippen LogP contribution >= 0.6 is 23.2 Å². The van der Waals surface area contributed by atoms with Crippen molar-refractivity contribution in [2.45, 2.75) is 18.0 Å². The molecule has 146 valence electrons. The molecule has 4 rings (SSSR count). The minimum Gasteiger partial charge on any atom is -0.465 e. The Kier molecular flexibility index (Phi) is 4.81. The summed E-state index contributed by atoms with van der Waals surface area (Å²) >= 11 is 11.7. The molecule has 3 aliphatic rings. The first-order valence-electron chi connectivity index (χ1n) is 8.78. The van der Waals surface area contributed by atoms with E-state index in [0.29, 0.717) is 22.7 Å². The highest BCUT2D eigenvalue weighted by Gasteiger charge is 2.65. The minimum atomic E-state index is -1.43. The molecular formula is C20H17Cl2FN2O3. The van der Waals surface area contributed by atoms with Gasteiger partial charge in [-0.2, -0.15) is 0 Å². The molecule has 1 aromatic rings. The number of anilines is 1. The molecule has 0 aliphatic carbocycles. The molecule has 2 saturated heterocycles. The molecule has 5 nitrogen and oxygen atoms in total. The SMILES string of the molecule is C=C(Cl)/C=C\C=C(/F)[C@@H]1[C@H]2C(=O)OCC[C@H]2N[C@@]12C(=O)Nc1cc(Cl)ccc12. The highest BCUT2D eigenvalue weighted by Crippen LogP contribution is 2.54. The van der Waals surface area contributed by atoms with Crippen LogP contribution in [0.25, 0.3) is 0 Å². The lowest BCUT2D eigenvalue weighted by Gasteiger charge is -2.30. The van der Waals surface area contributed by atoms with E-state index in [1.54, 1.807) is 18.2 Å². The lowest BCUT2D eigenvalue weighted by molar-refractivity contribution is -0.154. The second-order valence-electron chi connectivity index (χ2n) is 7.02. The Morgan fingerprint density at radius 2 is 2.18 bits per heavy atom. The van der Waals surface area contributed by atoms with Gasteiger partial charge in [-0.05, 0) is 30.7 Å². The minimum absolute atomic E-state index is 0.224. The van der Waals surface area contributed by atoms with E-state index in [4.69, 9.17) is 27.9 Å². The van der Waals surface area contributed by atoms with Crippen molar-refractivity contribution in [2.24, 2.45) is 11.8 Å². The third kappa shape index (κ3) is 2.87. The second-order valence-corrected chi connectivity index (χ2v) is 7.94. The zero-order valence-corrected chi connectivity index (χ0v) is 16.2. The molecule has 0 bridgehead atoms. The number of carbonyl (C=O) groups is 2. The van der Waals surface area contributed by atoms with Crippen LogP contribution in [0.5, 0.6) is 0 Å². The van der Waals surface area contributed by atoms with E-state index in [2.05, 4.69) is 17.2 Å². The number of allylic oxidation sites excluding steroid dienone is 4. The van der Waals surface area contributed by atoms with Gasteiger partial charge in [0.2, 0.25) is 5.91 Å². The average molecular weight is 423 g/mol. The Morgan fingerprint density at radius 3 is 2.93 bits per heavy atom. The first-order chi connectivity index (χ1) is 13.3. The van der Waals surface area contributed by atoms with Gasteiger partial charge in [-0.25, -0.2) is 4.39 Å². The topological polar surface area (TPSA) is 67.4 Å². The molecule has 0 aromatic heterocycles. The highest BCUT2D eigenvalue weighted by atomic mass is 35.5. The number of nitrogens with one attached hydrogen (secondary N) is 2. The number of esters is 1. The van der Waals surface area contributed by atoms with E-state index in [9.17, 15) is 9.59 Å². The lowest BCUT2D eigenvalue weighted by atomic mass is 9.74. The van der Waals surface area contributed by atoms with Crippen LogP contribution in [-0.2, 0) is 19.9 Å². The van der Waals surface area contributed by atoms with Crippen molar-refractivity contribution < 1.29 is 18.7 Å². The van der Waals surface area contributed by atoms with E-state index in [1.165, 1.54) is 18.2 Å². The molecule has 0 saturated carbocycles. The monoisotopic (exact) mass is 422 g/mol. The fourth-order valence-electron chi connectivity index (χ4n) is 4.39. The molecule has 0 radical (unpaired) electrons. The van der Waals surface area contributed by atoms with Crippen molar-refractivity contribution in [3.05, 3.63) is 64.5 Å². The van der Waals surface area contributed by atoms with Crippen LogP contribution < -0.4 is 10.6 Å². The van der Waals surface area contributed by atoms with Crippen molar-refractivity contribution in [1.82, 2.24) is 5.32 Å². The van der Waals surface area contributed by atoms with Crippen molar-refractivity contribution in [2.75, 3.05) is 11.9 Å². The van der Waals surface area contributed by atoms with Gasteiger partial charge in [-0.3, -0.25) is 14.9 Å². The Balaban J connectivity index is 1.87. The number of cyclic esters (lactones) is 1. The van der Waals surface area contributed by atoms with Gasteiger partial charge in [-0.1, -0.05) is 41.9 Å². The van der Waals surface area contributed by atoms with Gasteiger partial charge in [0.25, 0.3) is 0 Å². The predicted molar refractivity (Wildman–Crippen MR) is 105 cm³/mol. The molecule has 2 fully saturated rings. The van der Waals surface area contributed by atoms with E-state index in [1.807, 2.05) is 0 Å². The molecule has 3 heterocycles. The van der Waals surface area contributed by atoms with Gasteiger partial charge < -0.3 is 10.1 Å². The molecule has 1 aromatic carbocycles. The maximum Gasteiger partial charge on any atom is 0.311 e. The van der Waals surface area contributed by atoms with Crippen molar-refractivity contribution >= 4 is 40.8 Å². The molecule has 1 amide bonds. The third-order valence-corrected chi connectivity index (χ3v) is 5.82. The van der Waals surface area contributed by atoms with Crippen LogP contribution in [0, 0.1) is 11.8 Å². The number of halogens is 3. The summed E-state index contributed by atoms with van der Waals surface area (Å²) in [7, 11) is 0. The van der Waals surface area contributed by atoms with Crippen molar-refractivity contribution in [3.63, 3.8) is 0 Å². The number of carbonyl (C=O) groups excluding carboxylic acids is 2. The second kappa shape index (κ2) is 7.03. The molecule has 1 spiro atoms. The normalized spacial score (nSPS) is 31.7. The van der Waals surface area contributed by atoms with Crippen molar-refractivity contribution in [1.29, 1.82) is 0 Å². The average Bonchev–Trinajstić information content (AvgIpc) is 3.11. The Bertz CT molecular complexity index is 945. The largest absolute Gasteiger partial charge is 0.465 e. The first-order valence-corrected chi connectivity index (χ1v) is 9.54. The van der Waals surface area contributed by atoms with E-state index in [-0.39, 0.29) is 17.7 Å².